The highest BCUT2D eigenvalue weighted by molar-refractivity contribution is 5.75. The van der Waals surface area contributed by atoms with Crippen LogP contribution >= 0.6 is 0 Å². The number of hydrogen-bond donors (Lipinski definition) is 2. The van der Waals surface area contributed by atoms with Crippen LogP contribution in [0.1, 0.15) is 13.3 Å². The molecule has 1 unspecified atom stereocenters. The zero-order valence-electron chi connectivity index (χ0n) is 6.52. The van der Waals surface area contributed by atoms with Crippen LogP contribution in [0.4, 0.5) is 0 Å². The maximum atomic E-state index is 10.9. The van der Waals surface area contributed by atoms with Crippen molar-refractivity contribution in [1.82, 2.24) is 10.9 Å². The molecule has 0 amide bonds. The maximum absolute atomic E-state index is 10.9. The van der Waals surface area contributed by atoms with Crippen molar-refractivity contribution in [2.45, 2.75) is 19.4 Å². The average Bonchev–Trinajstić information content (AvgIpc) is 2.38. The molecule has 0 aromatic carbocycles. The van der Waals surface area contributed by atoms with Gasteiger partial charge >= 0.3 is 5.97 Å². The SMILES string of the molecule is CCOC(=O)C1CCNN1.O. The lowest BCUT2D eigenvalue weighted by molar-refractivity contribution is -0.145. The zero-order chi connectivity index (χ0) is 7.40. The predicted molar refractivity (Wildman–Crippen MR) is 39.8 cm³/mol. The molecule has 0 aromatic rings. The summed E-state index contributed by atoms with van der Waals surface area (Å²) in [6.45, 7) is 3.10. The Morgan fingerprint density at radius 3 is 2.91 bits per heavy atom. The van der Waals surface area contributed by atoms with Crippen molar-refractivity contribution in [2.24, 2.45) is 0 Å². The highest BCUT2D eigenvalue weighted by Crippen LogP contribution is 1.97. The first kappa shape index (κ1) is 10.3. The average molecular weight is 162 g/mol. The molecule has 11 heavy (non-hydrogen) atoms. The summed E-state index contributed by atoms with van der Waals surface area (Å²) in [6.07, 6.45) is 0.818. The fourth-order valence-electron chi connectivity index (χ4n) is 0.904. The Morgan fingerprint density at radius 1 is 1.73 bits per heavy atom. The topological polar surface area (TPSA) is 81.9 Å². The number of esters is 1. The van der Waals surface area contributed by atoms with Gasteiger partial charge < -0.3 is 10.2 Å². The van der Waals surface area contributed by atoms with Gasteiger partial charge in [0.1, 0.15) is 6.04 Å². The summed E-state index contributed by atoms with van der Waals surface area (Å²) in [4.78, 5) is 10.9. The summed E-state index contributed by atoms with van der Waals surface area (Å²) in [5.74, 6) is -0.160. The second kappa shape index (κ2) is 5.06. The third-order valence-corrected chi connectivity index (χ3v) is 1.41. The van der Waals surface area contributed by atoms with E-state index in [9.17, 15) is 4.79 Å². The second-order valence-electron chi connectivity index (χ2n) is 2.16. The fourth-order valence-corrected chi connectivity index (χ4v) is 0.904. The molecule has 5 nitrogen and oxygen atoms in total. The van der Waals surface area contributed by atoms with Gasteiger partial charge in [-0.2, -0.15) is 0 Å². The molecule has 1 fully saturated rings. The Kier molecular flexibility index (Phi) is 4.76. The van der Waals surface area contributed by atoms with Gasteiger partial charge in [-0.15, -0.1) is 0 Å². The van der Waals surface area contributed by atoms with Gasteiger partial charge in [-0.25, -0.2) is 5.43 Å². The van der Waals surface area contributed by atoms with Gasteiger partial charge in [0.15, 0.2) is 0 Å². The molecular formula is C6H14N2O3. The highest BCUT2D eigenvalue weighted by Gasteiger charge is 2.22. The smallest absolute Gasteiger partial charge is 0.324 e. The van der Waals surface area contributed by atoms with Crippen molar-refractivity contribution < 1.29 is 15.0 Å². The van der Waals surface area contributed by atoms with E-state index in [0.29, 0.717) is 6.61 Å². The molecule has 1 aliphatic heterocycles. The molecule has 0 aliphatic carbocycles. The van der Waals surface area contributed by atoms with Gasteiger partial charge in [-0.05, 0) is 13.3 Å². The molecule has 0 saturated carbocycles. The van der Waals surface area contributed by atoms with Crippen molar-refractivity contribution in [2.75, 3.05) is 13.2 Å². The van der Waals surface area contributed by atoms with Crippen molar-refractivity contribution in [3.05, 3.63) is 0 Å². The van der Waals surface area contributed by atoms with E-state index >= 15 is 0 Å². The van der Waals surface area contributed by atoms with Gasteiger partial charge in [0.25, 0.3) is 0 Å². The van der Waals surface area contributed by atoms with Crippen molar-refractivity contribution in [3.8, 4) is 0 Å². The van der Waals surface area contributed by atoms with Crippen LogP contribution in [0.25, 0.3) is 0 Å². The van der Waals surface area contributed by atoms with Gasteiger partial charge in [-0.1, -0.05) is 0 Å². The fraction of sp³-hybridized carbons (Fsp3) is 0.833. The summed E-state index contributed by atoms with van der Waals surface area (Å²) in [7, 11) is 0. The minimum Gasteiger partial charge on any atom is -0.465 e. The third kappa shape index (κ3) is 2.83. The number of carbonyl (C=O) groups is 1. The molecular weight excluding hydrogens is 148 g/mol. The van der Waals surface area contributed by atoms with Crippen LogP contribution in [0.15, 0.2) is 0 Å². The van der Waals surface area contributed by atoms with Crippen molar-refractivity contribution in [1.29, 1.82) is 0 Å². The molecule has 0 aromatic heterocycles. The van der Waals surface area contributed by atoms with E-state index in [1.54, 1.807) is 6.92 Å². The summed E-state index contributed by atoms with van der Waals surface area (Å²) < 4.78 is 4.78. The Hall–Kier alpha value is -0.650. The zero-order valence-corrected chi connectivity index (χ0v) is 6.52. The van der Waals surface area contributed by atoms with E-state index in [4.69, 9.17) is 4.74 Å². The predicted octanol–water partition coefficient (Wildman–Crippen LogP) is -1.41. The first-order valence-electron chi connectivity index (χ1n) is 3.49. The van der Waals surface area contributed by atoms with Gasteiger partial charge in [0.05, 0.1) is 6.61 Å². The summed E-state index contributed by atoms with van der Waals surface area (Å²) in [5.41, 5.74) is 5.68. The monoisotopic (exact) mass is 162 g/mol. The van der Waals surface area contributed by atoms with Crippen LogP contribution in [-0.4, -0.2) is 30.6 Å². The largest absolute Gasteiger partial charge is 0.465 e. The van der Waals surface area contributed by atoms with Gasteiger partial charge in [-0.3, -0.25) is 10.2 Å². The Morgan fingerprint density at radius 2 is 2.45 bits per heavy atom. The second-order valence-corrected chi connectivity index (χ2v) is 2.16. The van der Waals surface area contributed by atoms with Crippen LogP contribution in [0.5, 0.6) is 0 Å². The number of hydrogen-bond acceptors (Lipinski definition) is 4. The molecule has 1 aliphatic rings. The highest BCUT2D eigenvalue weighted by atomic mass is 16.5. The molecule has 0 radical (unpaired) electrons. The van der Waals surface area contributed by atoms with Crippen LogP contribution in [0.3, 0.4) is 0 Å². The van der Waals surface area contributed by atoms with Crippen LogP contribution in [-0.2, 0) is 9.53 Å². The molecule has 4 N–H and O–H groups in total. The van der Waals surface area contributed by atoms with Crippen molar-refractivity contribution in [3.63, 3.8) is 0 Å². The van der Waals surface area contributed by atoms with Crippen molar-refractivity contribution >= 4 is 5.97 Å². The normalized spacial score (nSPS) is 22.5. The molecule has 1 heterocycles. The molecule has 66 valence electrons. The maximum Gasteiger partial charge on any atom is 0.324 e. The van der Waals surface area contributed by atoms with E-state index in [1.807, 2.05) is 0 Å². The number of ether oxygens (including phenoxy) is 1. The first-order chi connectivity index (χ1) is 4.84. The first-order valence-corrected chi connectivity index (χ1v) is 3.49. The van der Waals surface area contributed by atoms with Crippen LogP contribution in [0.2, 0.25) is 0 Å². The van der Waals surface area contributed by atoms with Gasteiger partial charge in [0.2, 0.25) is 0 Å². The number of nitrogens with one attached hydrogen (secondary N) is 2. The Balaban J connectivity index is 0.000001000. The lowest BCUT2D eigenvalue weighted by atomic mass is 10.2. The number of carbonyl (C=O) groups excluding carboxylic acids is 1. The summed E-state index contributed by atoms with van der Waals surface area (Å²) >= 11 is 0. The van der Waals surface area contributed by atoms with Gasteiger partial charge in [0, 0.05) is 6.54 Å². The van der Waals surface area contributed by atoms with E-state index in [-0.39, 0.29) is 17.5 Å². The van der Waals surface area contributed by atoms with E-state index in [0.717, 1.165) is 13.0 Å². The molecule has 0 bridgehead atoms. The third-order valence-electron chi connectivity index (χ3n) is 1.41. The van der Waals surface area contributed by atoms with Crippen LogP contribution < -0.4 is 10.9 Å². The minimum atomic E-state index is -0.160. The minimum absolute atomic E-state index is 0. The summed E-state index contributed by atoms with van der Waals surface area (Å²) in [5, 5.41) is 0. The molecule has 1 atom stereocenters. The molecule has 5 heteroatoms. The quantitative estimate of drug-likeness (QED) is 0.489. The Bertz CT molecular complexity index is 123. The lowest BCUT2D eigenvalue weighted by Crippen LogP contribution is -2.37. The molecule has 1 rings (SSSR count). The standard InChI is InChI=1S/C6H12N2O2.H2O/c1-2-10-6(9)5-3-4-7-8-5;/h5,7-8H,2-4H2,1H3;1H2. The lowest BCUT2D eigenvalue weighted by Gasteiger charge is -2.06. The Labute approximate surface area is 65.4 Å². The number of rotatable bonds is 2. The molecule has 1 saturated heterocycles. The van der Waals surface area contributed by atoms with E-state index < -0.39 is 0 Å². The number of hydrazine groups is 1. The van der Waals surface area contributed by atoms with E-state index in [1.165, 1.54) is 0 Å². The summed E-state index contributed by atoms with van der Waals surface area (Å²) in [6, 6.07) is -0.139. The molecule has 0 spiro atoms. The van der Waals surface area contributed by atoms with E-state index in [2.05, 4.69) is 10.9 Å². The van der Waals surface area contributed by atoms with Crippen LogP contribution in [0, 0.1) is 0 Å².